The molecule has 1 aromatic carbocycles. The summed E-state index contributed by atoms with van der Waals surface area (Å²) in [4.78, 5) is 0. The van der Waals surface area contributed by atoms with E-state index in [1.807, 2.05) is 37.3 Å². The lowest BCUT2D eigenvalue weighted by Gasteiger charge is -2.00. The molecular formula is C13H18O3S. The zero-order valence-electron chi connectivity index (χ0n) is 10.0. The standard InChI is InChI=1S/C13H18O3S/c1-2-16-10-6-11-17(14,15)12-9-13-7-4-3-5-8-13/h3-5,7-9,12H,2,6,10-11H2,1H3/b12-9+. The topological polar surface area (TPSA) is 43.4 Å². The number of rotatable bonds is 7. The van der Waals surface area contributed by atoms with Gasteiger partial charge in [0.05, 0.1) is 5.75 Å². The Balaban J connectivity index is 2.46. The number of ether oxygens (including phenoxy) is 1. The van der Waals surface area contributed by atoms with Gasteiger partial charge in [0.25, 0.3) is 0 Å². The van der Waals surface area contributed by atoms with E-state index in [0.29, 0.717) is 19.6 Å². The van der Waals surface area contributed by atoms with Crippen LogP contribution in [0, 0.1) is 0 Å². The summed E-state index contributed by atoms with van der Waals surface area (Å²) in [5, 5.41) is 1.27. The highest BCUT2D eigenvalue weighted by atomic mass is 32.2. The molecule has 0 radical (unpaired) electrons. The average molecular weight is 254 g/mol. The highest BCUT2D eigenvalue weighted by Gasteiger charge is 2.05. The molecule has 0 amide bonds. The highest BCUT2D eigenvalue weighted by molar-refractivity contribution is 7.94. The fourth-order valence-corrected chi connectivity index (χ4v) is 2.34. The molecule has 94 valence electrons. The molecule has 0 aliphatic heterocycles. The van der Waals surface area contributed by atoms with Gasteiger partial charge in [-0.3, -0.25) is 0 Å². The van der Waals surface area contributed by atoms with Gasteiger partial charge in [0.15, 0.2) is 9.84 Å². The van der Waals surface area contributed by atoms with Gasteiger partial charge in [0.1, 0.15) is 0 Å². The predicted octanol–water partition coefficient (Wildman–Crippen LogP) is 2.50. The van der Waals surface area contributed by atoms with Gasteiger partial charge in [-0.2, -0.15) is 0 Å². The fraction of sp³-hybridized carbons (Fsp3) is 0.385. The Morgan fingerprint density at radius 3 is 2.59 bits per heavy atom. The highest BCUT2D eigenvalue weighted by Crippen LogP contribution is 2.04. The van der Waals surface area contributed by atoms with Crippen molar-refractivity contribution < 1.29 is 13.2 Å². The normalized spacial score (nSPS) is 12.1. The molecule has 0 aromatic heterocycles. The number of hydrogen-bond donors (Lipinski definition) is 0. The molecule has 1 aromatic rings. The molecule has 0 atom stereocenters. The van der Waals surface area contributed by atoms with Crippen LogP contribution in [0.3, 0.4) is 0 Å². The van der Waals surface area contributed by atoms with Gasteiger partial charge in [-0.05, 0) is 25.0 Å². The SMILES string of the molecule is CCOCCCS(=O)(=O)/C=C/c1ccccc1. The second kappa shape index (κ2) is 7.25. The Hall–Kier alpha value is -1.13. The first-order valence-electron chi connectivity index (χ1n) is 5.67. The zero-order chi connectivity index (χ0) is 12.6. The van der Waals surface area contributed by atoms with E-state index in [1.54, 1.807) is 6.08 Å². The van der Waals surface area contributed by atoms with Crippen molar-refractivity contribution in [1.29, 1.82) is 0 Å². The van der Waals surface area contributed by atoms with Crippen LogP contribution in [0.4, 0.5) is 0 Å². The first-order valence-corrected chi connectivity index (χ1v) is 7.39. The molecule has 0 fully saturated rings. The van der Waals surface area contributed by atoms with Crippen LogP contribution >= 0.6 is 0 Å². The summed E-state index contributed by atoms with van der Waals surface area (Å²) in [5.41, 5.74) is 0.890. The summed E-state index contributed by atoms with van der Waals surface area (Å²) in [6.07, 6.45) is 2.16. The molecule has 0 bridgehead atoms. The van der Waals surface area contributed by atoms with Gasteiger partial charge in [-0.15, -0.1) is 0 Å². The molecule has 17 heavy (non-hydrogen) atoms. The summed E-state index contributed by atoms with van der Waals surface area (Å²) in [5.74, 6) is 0.135. The van der Waals surface area contributed by atoms with E-state index in [2.05, 4.69) is 0 Å². The largest absolute Gasteiger partial charge is 0.382 e. The summed E-state index contributed by atoms with van der Waals surface area (Å²) >= 11 is 0. The molecule has 0 N–H and O–H groups in total. The lowest BCUT2D eigenvalue weighted by Crippen LogP contribution is -2.05. The molecular weight excluding hydrogens is 236 g/mol. The average Bonchev–Trinajstić information content (AvgIpc) is 2.34. The van der Waals surface area contributed by atoms with Gasteiger partial charge in [-0.1, -0.05) is 30.3 Å². The summed E-state index contributed by atoms with van der Waals surface area (Å²) < 4.78 is 28.4. The molecule has 0 aliphatic rings. The van der Waals surface area contributed by atoms with E-state index < -0.39 is 9.84 Å². The number of hydrogen-bond acceptors (Lipinski definition) is 3. The fourth-order valence-electron chi connectivity index (χ4n) is 1.32. The molecule has 0 heterocycles. The minimum Gasteiger partial charge on any atom is -0.382 e. The van der Waals surface area contributed by atoms with E-state index in [0.717, 1.165) is 5.56 Å². The minimum atomic E-state index is -3.12. The van der Waals surface area contributed by atoms with Crippen molar-refractivity contribution in [3.63, 3.8) is 0 Å². The van der Waals surface area contributed by atoms with Crippen molar-refractivity contribution in [1.82, 2.24) is 0 Å². The first-order chi connectivity index (χ1) is 8.14. The van der Waals surface area contributed by atoms with Crippen molar-refractivity contribution in [3.8, 4) is 0 Å². The van der Waals surface area contributed by atoms with Crippen molar-refractivity contribution in [2.24, 2.45) is 0 Å². The second-order valence-corrected chi connectivity index (χ2v) is 5.64. The minimum absolute atomic E-state index is 0.135. The molecule has 4 heteroatoms. The summed E-state index contributed by atoms with van der Waals surface area (Å²) in [6, 6.07) is 9.38. The van der Waals surface area contributed by atoms with Crippen LogP contribution in [0.5, 0.6) is 0 Å². The van der Waals surface area contributed by atoms with E-state index in [9.17, 15) is 8.42 Å². The van der Waals surface area contributed by atoms with Gasteiger partial charge >= 0.3 is 0 Å². The zero-order valence-corrected chi connectivity index (χ0v) is 10.8. The van der Waals surface area contributed by atoms with Crippen molar-refractivity contribution in [2.45, 2.75) is 13.3 Å². The molecule has 0 saturated heterocycles. The van der Waals surface area contributed by atoms with Crippen LogP contribution in [0.2, 0.25) is 0 Å². The van der Waals surface area contributed by atoms with Gasteiger partial charge in [-0.25, -0.2) is 8.42 Å². The molecule has 1 rings (SSSR count). The van der Waals surface area contributed by atoms with Crippen LogP contribution in [0.25, 0.3) is 6.08 Å². The van der Waals surface area contributed by atoms with Crippen LogP contribution in [-0.4, -0.2) is 27.4 Å². The first kappa shape index (κ1) is 13.9. The van der Waals surface area contributed by atoms with Crippen molar-refractivity contribution >= 4 is 15.9 Å². The summed E-state index contributed by atoms with van der Waals surface area (Å²) in [6.45, 7) is 3.01. The third-order valence-electron chi connectivity index (χ3n) is 2.19. The molecule has 3 nitrogen and oxygen atoms in total. The second-order valence-electron chi connectivity index (χ2n) is 3.63. The van der Waals surface area contributed by atoms with Gasteiger partial charge < -0.3 is 4.74 Å². The van der Waals surface area contributed by atoms with Crippen molar-refractivity contribution in [2.75, 3.05) is 19.0 Å². The maximum absolute atomic E-state index is 11.6. The van der Waals surface area contributed by atoms with E-state index in [4.69, 9.17) is 4.74 Å². The maximum atomic E-state index is 11.6. The number of benzene rings is 1. The Bertz CT molecular complexity index is 435. The van der Waals surface area contributed by atoms with Crippen molar-refractivity contribution in [3.05, 3.63) is 41.3 Å². The third kappa shape index (κ3) is 6.24. The Morgan fingerprint density at radius 1 is 1.24 bits per heavy atom. The van der Waals surface area contributed by atoms with E-state index >= 15 is 0 Å². The predicted molar refractivity (Wildman–Crippen MR) is 70.4 cm³/mol. The lowest BCUT2D eigenvalue weighted by molar-refractivity contribution is 0.149. The summed E-state index contributed by atoms with van der Waals surface area (Å²) in [7, 11) is -3.12. The molecule has 0 spiro atoms. The van der Waals surface area contributed by atoms with E-state index in [1.165, 1.54) is 5.41 Å². The lowest BCUT2D eigenvalue weighted by atomic mass is 10.2. The Morgan fingerprint density at radius 2 is 1.94 bits per heavy atom. The van der Waals surface area contributed by atoms with E-state index in [-0.39, 0.29) is 5.75 Å². The molecule has 0 unspecified atom stereocenters. The third-order valence-corrected chi connectivity index (χ3v) is 3.60. The molecule has 0 saturated carbocycles. The van der Waals surface area contributed by atoms with Crippen LogP contribution in [0.15, 0.2) is 35.7 Å². The number of sulfone groups is 1. The maximum Gasteiger partial charge on any atom is 0.171 e. The van der Waals surface area contributed by atoms with Gasteiger partial charge in [0.2, 0.25) is 0 Å². The monoisotopic (exact) mass is 254 g/mol. The molecule has 0 aliphatic carbocycles. The van der Waals surface area contributed by atoms with Gasteiger partial charge in [0, 0.05) is 18.6 Å². The Labute approximate surface area is 103 Å². The van der Waals surface area contributed by atoms with Crippen LogP contribution < -0.4 is 0 Å². The quantitative estimate of drug-likeness (QED) is 0.702. The van der Waals surface area contributed by atoms with Crippen LogP contribution in [0.1, 0.15) is 18.9 Å². The Kier molecular flexibility index (Phi) is 5.94. The smallest absolute Gasteiger partial charge is 0.171 e. The van der Waals surface area contributed by atoms with Crippen LogP contribution in [-0.2, 0) is 14.6 Å².